The number of rotatable bonds is 2. The Kier molecular flexibility index (Phi) is 1.91. The lowest BCUT2D eigenvalue weighted by Crippen LogP contribution is -2.04. The van der Waals surface area contributed by atoms with Crippen LogP contribution < -0.4 is 10.5 Å². The molecule has 0 radical (unpaired) electrons. The Labute approximate surface area is 59.6 Å². The van der Waals surface area contributed by atoms with E-state index >= 15 is 0 Å². The third-order valence-corrected chi connectivity index (χ3v) is 1.41. The van der Waals surface area contributed by atoms with Crippen LogP contribution in [-0.4, -0.2) is 16.7 Å². The molecule has 10 heavy (non-hydrogen) atoms. The van der Waals surface area contributed by atoms with Crippen molar-refractivity contribution in [3.63, 3.8) is 0 Å². The second-order valence-corrected chi connectivity index (χ2v) is 2.02. The molecule has 0 aliphatic carbocycles. The molecular formula is C6H11N3O. The molecule has 0 aliphatic rings. The van der Waals surface area contributed by atoms with Crippen LogP contribution in [0.25, 0.3) is 0 Å². The normalized spacial score (nSPS) is 9.90. The summed E-state index contributed by atoms with van der Waals surface area (Å²) in [5.41, 5.74) is 6.35. The average Bonchev–Trinajstić information content (AvgIpc) is 2.30. The van der Waals surface area contributed by atoms with Crippen LogP contribution in [0.3, 0.4) is 0 Å². The lowest BCUT2D eigenvalue weighted by Gasteiger charge is -1.99. The maximum atomic E-state index is 5.43. The molecule has 0 aliphatic heterocycles. The minimum atomic E-state index is 0.458. The molecule has 0 amide bonds. The third-order valence-electron chi connectivity index (χ3n) is 1.41. The van der Waals surface area contributed by atoms with E-state index in [2.05, 4.69) is 4.98 Å². The van der Waals surface area contributed by atoms with E-state index < -0.39 is 0 Å². The lowest BCUT2D eigenvalue weighted by molar-refractivity contribution is 0.394. The highest BCUT2D eigenvalue weighted by atomic mass is 16.5. The predicted octanol–water partition coefficient (Wildman–Crippen LogP) is -0.113. The largest absolute Gasteiger partial charge is 0.480 e. The Hall–Kier alpha value is -1.03. The number of nitrogens with two attached hydrogens (primary N) is 1. The van der Waals surface area contributed by atoms with Gasteiger partial charge < -0.3 is 15.0 Å². The van der Waals surface area contributed by atoms with Crippen molar-refractivity contribution < 1.29 is 4.74 Å². The number of methoxy groups -OCH3 is 1. The van der Waals surface area contributed by atoms with Crippen molar-refractivity contribution in [2.75, 3.05) is 7.11 Å². The fourth-order valence-corrected chi connectivity index (χ4v) is 0.836. The van der Waals surface area contributed by atoms with Crippen molar-refractivity contribution in [1.82, 2.24) is 9.55 Å². The van der Waals surface area contributed by atoms with Crippen LogP contribution in [0.1, 0.15) is 5.69 Å². The van der Waals surface area contributed by atoms with Crippen molar-refractivity contribution in [2.24, 2.45) is 12.8 Å². The Bertz CT molecular complexity index is 219. The molecule has 4 heteroatoms. The molecule has 1 heterocycles. The molecule has 0 spiro atoms. The molecule has 4 nitrogen and oxygen atoms in total. The zero-order valence-corrected chi connectivity index (χ0v) is 6.16. The van der Waals surface area contributed by atoms with E-state index in [0.717, 1.165) is 5.69 Å². The number of nitrogens with zero attached hydrogens (tertiary/aromatic N) is 2. The summed E-state index contributed by atoms with van der Waals surface area (Å²) in [6.45, 7) is 0.458. The van der Waals surface area contributed by atoms with Gasteiger partial charge in [0, 0.05) is 13.6 Å². The maximum absolute atomic E-state index is 5.43. The number of ether oxygens (including phenoxy) is 1. The van der Waals surface area contributed by atoms with Crippen LogP contribution in [0.4, 0.5) is 0 Å². The van der Waals surface area contributed by atoms with E-state index in [9.17, 15) is 0 Å². The van der Waals surface area contributed by atoms with Crippen molar-refractivity contribution in [2.45, 2.75) is 6.54 Å². The summed E-state index contributed by atoms with van der Waals surface area (Å²) in [5.74, 6) is 0.616. The molecule has 0 fully saturated rings. The molecule has 2 N–H and O–H groups in total. The standard InChI is InChI=1S/C6H11N3O/c1-9-4-8-6(10-2)5(9)3-7/h4H,3,7H2,1-2H3. The summed E-state index contributed by atoms with van der Waals surface area (Å²) >= 11 is 0. The van der Waals surface area contributed by atoms with Crippen molar-refractivity contribution >= 4 is 0 Å². The summed E-state index contributed by atoms with van der Waals surface area (Å²) in [6.07, 6.45) is 1.68. The minimum Gasteiger partial charge on any atom is -0.480 e. The number of hydrogen-bond acceptors (Lipinski definition) is 3. The van der Waals surface area contributed by atoms with Gasteiger partial charge in [0.1, 0.15) is 0 Å². The lowest BCUT2D eigenvalue weighted by atomic mass is 10.4. The Morgan fingerprint density at radius 1 is 1.80 bits per heavy atom. The number of imidazole rings is 1. The average molecular weight is 141 g/mol. The molecule has 1 rings (SSSR count). The molecule has 0 unspecified atom stereocenters. The van der Waals surface area contributed by atoms with E-state index in [1.807, 2.05) is 11.6 Å². The minimum absolute atomic E-state index is 0.458. The molecule has 0 bridgehead atoms. The van der Waals surface area contributed by atoms with Gasteiger partial charge in [0.2, 0.25) is 5.88 Å². The quantitative estimate of drug-likeness (QED) is 0.625. The second kappa shape index (κ2) is 2.70. The van der Waals surface area contributed by atoms with Gasteiger partial charge in [-0.1, -0.05) is 0 Å². The molecule has 56 valence electrons. The van der Waals surface area contributed by atoms with E-state index in [1.54, 1.807) is 13.4 Å². The number of hydrogen-bond donors (Lipinski definition) is 1. The van der Waals surface area contributed by atoms with Gasteiger partial charge in [-0.3, -0.25) is 0 Å². The first-order valence-corrected chi connectivity index (χ1v) is 3.03. The summed E-state index contributed by atoms with van der Waals surface area (Å²) in [5, 5.41) is 0. The first-order valence-electron chi connectivity index (χ1n) is 3.03. The molecular weight excluding hydrogens is 130 g/mol. The van der Waals surface area contributed by atoms with E-state index in [1.165, 1.54) is 0 Å². The molecule has 0 aromatic carbocycles. The molecule has 0 saturated heterocycles. The van der Waals surface area contributed by atoms with Crippen molar-refractivity contribution in [3.05, 3.63) is 12.0 Å². The summed E-state index contributed by atoms with van der Waals surface area (Å²) in [7, 11) is 3.47. The second-order valence-electron chi connectivity index (χ2n) is 2.02. The first kappa shape index (κ1) is 7.08. The van der Waals surface area contributed by atoms with E-state index in [-0.39, 0.29) is 0 Å². The Morgan fingerprint density at radius 2 is 2.50 bits per heavy atom. The summed E-state index contributed by atoms with van der Waals surface area (Å²) in [6, 6.07) is 0. The van der Waals surface area contributed by atoms with E-state index in [4.69, 9.17) is 10.5 Å². The molecule has 1 aromatic rings. The highest BCUT2D eigenvalue weighted by molar-refractivity contribution is 5.18. The van der Waals surface area contributed by atoms with Gasteiger partial charge in [0.05, 0.1) is 19.1 Å². The van der Waals surface area contributed by atoms with Crippen LogP contribution in [0.2, 0.25) is 0 Å². The SMILES string of the molecule is COc1ncn(C)c1CN. The fourth-order valence-electron chi connectivity index (χ4n) is 0.836. The number of aryl methyl sites for hydroxylation is 1. The van der Waals surface area contributed by atoms with Gasteiger partial charge >= 0.3 is 0 Å². The Balaban J connectivity index is 3.01. The van der Waals surface area contributed by atoms with Gasteiger partial charge in [-0.2, -0.15) is 0 Å². The van der Waals surface area contributed by atoms with Crippen molar-refractivity contribution in [3.8, 4) is 5.88 Å². The molecule has 0 saturated carbocycles. The smallest absolute Gasteiger partial charge is 0.236 e. The van der Waals surface area contributed by atoms with Crippen LogP contribution >= 0.6 is 0 Å². The predicted molar refractivity (Wildman–Crippen MR) is 37.7 cm³/mol. The Morgan fingerprint density at radius 3 is 2.90 bits per heavy atom. The highest BCUT2D eigenvalue weighted by Gasteiger charge is 2.04. The van der Waals surface area contributed by atoms with Crippen LogP contribution in [0, 0.1) is 0 Å². The zero-order valence-electron chi connectivity index (χ0n) is 6.16. The van der Waals surface area contributed by atoms with Crippen LogP contribution in [-0.2, 0) is 13.6 Å². The van der Waals surface area contributed by atoms with Gasteiger partial charge in [-0.15, -0.1) is 0 Å². The van der Waals surface area contributed by atoms with Gasteiger partial charge in [0.25, 0.3) is 0 Å². The van der Waals surface area contributed by atoms with Crippen molar-refractivity contribution in [1.29, 1.82) is 0 Å². The monoisotopic (exact) mass is 141 g/mol. The van der Waals surface area contributed by atoms with E-state index in [0.29, 0.717) is 12.4 Å². The van der Waals surface area contributed by atoms with Gasteiger partial charge in [0.15, 0.2) is 0 Å². The van der Waals surface area contributed by atoms with Gasteiger partial charge in [-0.25, -0.2) is 4.98 Å². The summed E-state index contributed by atoms with van der Waals surface area (Å²) < 4.78 is 6.79. The highest BCUT2D eigenvalue weighted by Crippen LogP contribution is 2.12. The molecule has 1 aromatic heterocycles. The topological polar surface area (TPSA) is 53.1 Å². The maximum Gasteiger partial charge on any atom is 0.236 e. The fraction of sp³-hybridized carbons (Fsp3) is 0.500. The first-order chi connectivity index (χ1) is 4.79. The molecule has 0 atom stereocenters. The van der Waals surface area contributed by atoms with Gasteiger partial charge in [-0.05, 0) is 0 Å². The zero-order chi connectivity index (χ0) is 7.56. The summed E-state index contributed by atoms with van der Waals surface area (Å²) in [4.78, 5) is 3.97. The van der Waals surface area contributed by atoms with Crippen LogP contribution in [0.5, 0.6) is 5.88 Å². The third kappa shape index (κ3) is 0.974. The number of aromatic nitrogens is 2. The van der Waals surface area contributed by atoms with Crippen LogP contribution in [0.15, 0.2) is 6.33 Å².